The Morgan fingerprint density at radius 2 is 0.633 bits per heavy atom. The van der Waals surface area contributed by atoms with Crippen molar-refractivity contribution >= 4 is 75.4 Å². The highest BCUT2D eigenvalue weighted by molar-refractivity contribution is 6.51. The van der Waals surface area contributed by atoms with Gasteiger partial charge in [0.25, 0.3) is 0 Å². The Morgan fingerprint density at radius 1 is 0.267 bits per heavy atom. The average molecular weight is 376 g/mol. The Labute approximate surface area is 172 Å². The summed E-state index contributed by atoms with van der Waals surface area (Å²) >= 11 is 0. The van der Waals surface area contributed by atoms with E-state index in [1.807, 2.05) is 0 Å². The van der Waals surface area contributed by atoms with Gasteiger partial charge in [-0.2, -0.15) is 0 Å². The van der Waals surface area contributed by atoms with Gasteiger partial charge in [-0.25, -0.2) is 0 Å². The fourth-order valence-electron chi connectivity index (χ4n) is 5.74. The lowest BCUT2D eigenvalue weighted by atomic mass is 9.79. The first-order valence-electron chi connectivity index (χ1n) is 10.5. The van der Waals surface area contributed by atoms with Crippen LogP contribution in [0, 0.1) is 0 Å². The normalized spacial score (nSPS) is 12.7. The van der Waals surface area contributed by atoms with Crippen molar-refractivity contribution in [3.63, 3.8) is 0 Å². The molecule has 0 fully saturated rings. The molecule has 0 saturated heterocycles. The molecule has 0 atom stereocenters. The first kappa shape index (κ1) is 15.0. The SMILES string of the molecule is c1ccc2cc3cc4c(cc3cc2c1)c1c2ccccc2c1c1c2ccccc2c41. The monoisotopic (exact) mass is 376 g/mol. The Morgan fingerprint density at radius 3 is 1.07 bits per heavy atom. The van der Waals surface area contributed by atoms with Gasteiger partial charge in [0.2, 0.25) is 0 Å². The van der Waals surface area contributed by atoms with Crippen molar-refractivity contribution in [3.8, 4) is 0 Å². The third-order valence-corrected chi connectivity index (χ3v) is 7.06. The third kappa shape index (κ3) is 1.62. The fraction of sp³-hybridized carbons (Fsp3) is 0. The van der Waals surface area contributed by atoms with Gasteiger partial charge in [0, 0.05) is 0 Å². The molecule has 0 aliphatic heterocycles. The van der Waals surface area contributed by atoms with Crippen LogP contribution in [-0.2, 0) is 0 Å². The maximum absolute atomic E-state index is 2.42. The van der Waals surface area contributed by atoms with Crippen molar-refractivity contribution in [1.29, 1.82) is 0 Å². The van der Waals surface area contributed by atoms with Crippen molar-refractivity contribution in [3.05, 3.63) is 97.1 Å². The predicted molar refractivity (Wildman–Crippen MR) is 131 cm³/mol. The fourth-order valence-corrected chi connectivity index (χ4v) is 5.74. The average Bonchev–Trinajstić information content (AvgIpc) is 2.77. The Kier molecular flexibility index (Phi) is 2.49. The topological polar surface area (TPSA) is 0 Å². The van der Waals surface area contributed by atoms with E-state index in [0.717, 1.165) is 0 Å². The molecule has 0 bridgehead atoms. The minimum absolute atomic E-state index is 1.30. The van der Waals surface area contributed by atoms with E-state index in [4.69, 9.17) is 0 Å². The van der Waals surface area contributed by atoms with E-state index in [1.165, 1.54) is 75.4 Å². The number of hydrogen-bond donors (Lipinski definition) is 0. The van der Waals surface area contributed by atoms with Crippen LogP contribution in [-0.4, -0.2) is 0 Å². The summed E-state index contributed by atoms with van der Waals surface area (Å²) < 4.78 is 0. The summed E-state index contributed by atoms with van der Waals surface area (Å²) in [7, 11) is 0. The zero-order valence-corrected chi connectivity index (χ0v) is 16.2. The minimum atomic E-state index is 1.30. The van der Waals surface area contributed by atoms with Crippen LogP contribution >= 0.6 is 0 Å². The molecule has 8 aromatic rings. The van der Waals surface area contributed by atoms with Crippen LogP contribution in [0.3, 0.4) is 0 Å². The first-order chi connectivity index (χ1) is 14.9. The van der Waals surface area contributed by atoms with Gasteiger partial charge in [0.05, 0.1) is 0 Å². The Balaban J connectivity index is 1.68. The second-order valence-electron chi connectivity index (χ2n) is 8.54. The molecular formula is C30H16. The molecule has 30 heavy (non-hydrogen) atoms. The van der Waals surface area contributed by atoms with E-state index in [9.17, 15) is 0 Å². The standard InChI is InChI=1S/C30H16/c1-2-8-18-14-20-16-26-25(15-19(20)13-17(18)7-1)27-21-9-3-5-11-23(21)29(27)30-24-12-6-4-10-22(24)28(26)30/h1-16H. The van der Waals surface area contributed by atoms with Gasteiger partial charge in [-0.1, -0.05) is 72.8 Å². The molecule has 136 valence electrons. The molecule has 0 heteroatoms. The van der Waals surface area contributed by atoms with Crippen molar-refractivity contribution in [2.24, 2.45) is 0 Å². The summed E-state index contributed by atoms with van der Waals surface area (Å²) in [6.07, 6.45) is 0. The smallest absolute Gasteiger partial charge is 0.000740 e. The third-order valence-electron chi connectivity index (χ3n) is 7.06. The molecule has 0 radical (unpaired) electrons. The molecule has 8 aromatic carbocycles. The molecule has 8 rings (SSSR count). The second-order valence-corrected chi connectivity index (χ2v) is 8.54. The summed E-state index contributed by atoms with van der Waals surface area (Å²) in [5.74, 6) is 0. The van der Waals surface area contributed by atoms with E-state index < -0.39 is 0 Å². The van der Waals surface area contributed by atoms with E-state index in [0.29, 0.717) is 0 Å². The largest absolute Gasteiger partial charge is 0.0616 e. The van der Waals surface area contributed by atoms with Gasteiger partial charge < -0.3 is 0 Å². The lowest BCUT2D eigenvalue weighted by Gasteiger charge is -2.23. The quantitative estimate of drug-likeness (QED) is 0.232. The van der Waals surface area contributed by atoms with Gasteiger partial charge in [0.1, 0.15) is 0 Å². The molecule has 0 unspecified atom stereocenters. The highest BCUT2D eigenvalue weighted by Crippen LogP contribution is 2.52. The van der Waals surface area contributed by atoms with Crippen LogP contribution in [0.5, 0.6) is 0 Å². The van der Waals surface area contributed by atoms with Gasteiger partial charge in [-0.15, -0.1) is 0 Å². The molecule has 0 amide bonds. The lowest BCUT2D eigenvalue weighted by Crippen LogP contribution is -1.94. The maximum Gasteiger partial charge on any atom is -0.000740 e. The van der Waals surface area contributed by atoms with Crippen molar-refractivity contribution in [2.45, 2.75) is 0 Å². The number of hydrogen-bond acceptors (Lipinski definition) is 0. The van der Waals surface area contributed by atoms with Crippen LogP contribution in [0.1, 0.15) is 0 Å². The molecule has 0 aliphatic carbocycles. The van der Waals surface area contributed by atoms with Crippen LogP contribution in [0.2, 0.25) is 0 Å². The summed E-state index contributed by atoms with van der Waals surface area (Å²) in [6.45, 7) is 0. The molecule has 0 saturated carbocycles. The summed E-state index contributed by atoms with van der Waals surface area (Å²) in [6, 6.07) is 35.9. The Bertz CT molecular complexity index is 1800. The maximum atomic E-state index is 2.42. The summed E-state index contributed by atoms with van der Waals surface area (Å²) in [5, 5.41) is 19.4. The van der Waals surface area contributed by atoms with E-state index >= 15 is 0 Å². The minimum Gasteiger partial charge on any atom is -0.0616 e. The highest BCUT2D eigenvalue weighted by atomic mass is 14.2. The second kappa shape index (κ2) is 4.98. The molecular weight excluding hydrogens is 360 g/mol. The predicted octanol–water partition coefficient (Wildman–Crippen LogP) is 8.63. The highest BCUT2D eigenvalue weighted by Gasteiger charge is 2.23. The number of rotatable bonds is 0. The zero-order chi connectivity index (χ0) is 19.4. The van der Waals surface area contributed by atoms with Gasteiger partial charge in [0.15, 0.2) is 0 Å². The number of fused-ring (bicyclic) bond motifs is 14. The van der Waals surface area contributed by atoms with Gasteiger partial charge in [-0.3, -0.25) is 0 Å². The zero-order valence-electron chi connectivity index (χ0n) is 16.2. The van der Waals surface area contributed by atoms with Gasteiger partial charge in [-0.05, 0) is 99.7 Å². The van der Waals surface area contributed by atoms with E-state index in [2.05, 4.69) is 97.1 Å². The lowest BCUT2D eigenvalue weighted by molar-refractivity contribution is 1.79. The van der Waals surface area contributed by atoms with Crippen LogP contribution in [0.15, 0.2) is 97.1 Å². The molecule has 0 spiro atoms. The summed E-state index contributed by atoms with van der Waals surface area (Å²) in [4.78, 5) is 0. The van der Waals surface area contributed by atoms with E-state index in [1.54, 1.807) is 0 Å². The van der Waals surface area contributed by atoms with Crippen LogP contribution < -0.4 is 0 Å². The van der Waals surface area contributed by atoms with Gasteiger partial charge >= 0.3 is 0 Å². The molecule has 0 aromatic heterocycles. The Hall–Kier alpha value is -3.90. The molecule has 0 heterocycles. The molecule has 0 aliphatic rings. The molecule has 0 N–H and O–H groups in total. The van der Waals surface area contributed by atoms with Crippen molar-refractivity contribution in [1.82, 2.24) is 0 Å². The van der Waals surface area contributed by atoms with Crippen molar-refractivity contribution in [2.75, 3.05) is 0 Å². The summed E-state index contributed by atoms with van der Waals surface area (Å²) in [5.41, 5.74) is 0. The first-order valence-corrected chi connectivity index (χ1v) is 10.5. The molecule has 0 nitrogen and oxygen atoms in total. The van der Waals surface area contributed by atoms with E-state index in [-0.39, 0.29) is 0 Å². The number of benzene rings is 6. The van der Waals surface area contributed by atoms with Crippen LogP contribution in [0.25, 0.3) is 75.4 Å². The van der Waals surface area contributed by atoms with Crippen molar-refractivity contribution < 1.29 is 0 Å². The van der Waals surface area contributed by atoms with Crippen LogP contribution in [0.4, 0.5) is 0 Å².